The van der Waals surface area contributed by atoms with Crippen LogP contribution in [0.5, 0.6) is 0 Å². The predicted molar refractivity (Wildman–Crippen MR) is 117 cm³/mol. The Morgan fingerprint density at radius 3 is 1.14 bits per heavy atom. The largest absolute Gasteiger partial charge is 0.660 e. The normalized spacial score (nSPS) is 43.5. The molecule has 0 aliphatic carbocycles. The van der Waals surface area contributed by atoms with E-state index >= 15 is 0 Å². The maximum Gasteiger partial charge on any atom is 0.139 e. The van der Waals surface area contributed by atoms with Gasteiger partial charge in [0, 0.05) is 17.1 Å². The van der Waals surface area contributed by atoms with Gasteiger partial charge in [-0.05, 0) is 26.2 Å². The van der Waals surface area contributed by atoms with Crippen LogP contribution in [0.4, 0.5) is 0 Å². The number of hydrogen-bond acceptors (Lipinski definition) is 12. The van der Waals surface area contributed by atoms with Gasteiger partial charge in [0.25, 0.3) is 0 Å². The van der Waals surface area contributed by atoms with Gasteiger partial charge in [-0.1, -0.05) is 0 Å². The molecule has 211 valence electrons. The summed E-state index contributed by atoms with van der Waals surface area (Å²) in [5, 5.41) is 88.9. The van der Waals surface area contributed by atoms with Gasteiger partial charge in [0.1, 0.15) is 61.3 Å². The Morgan fingerprint density at radius 2 is 0.857 bits per heavy atom. The summed E-state index contributed by atoms with van der Waals surface area (Å²) in [7, 11) is 0. The first-order valence-corrected chi connectivity index (χ1v) is 11.7. The molecule has 0 aromatic heterocycles. The SMILES string of the molecule is OCC1O[C@@H](N2CC[N-]CCN([C@@H]3OC(CO)[C@@H](O)[C@H](O)C3O)CC[N-]CC2)C(O)[C@@H](O)[C@@H]1O.[Cu]. The van der Waals surface area contributed by atoms with E-state index in [1.165, 1.54) is 0 Å². The van der Waals surface area contributed by atoms with E-state index in [2.05, 4.69) is 10.6 Å². The van der Waals surface area contributed by atoms with Crippen molar-refractivity contribution in [2.75, 3.05) is 65.6 Å². The molecule has 4 unspecified atom stereocenters. The summed E-state index contributed by atoms with van der Waals surface area (Å²) in [6.07, 6.45) is -12.4. The molecule has 14 nitrogen and oxygen atoms in total. The molecule has 0 spiro atoms. The molecule has 0 bridgehead atoms. The Kier molecular flexibility index (Phi) is 13.2. The fourth-order valence-corrected chi connectivity index (χ4v) is 4.52. The Bertz CT molecular complexity index is 550. The molecule has 3 aliphatic heterocycles. The van der Waals surface area contributed by atoms with Crippen LogP contribution in [-0.2, 0) is 26.5 Å². The Labute approximate surface area is 214 Å². The van der Waals surface area contributed by atoms with E-state index in [0.29, 0.717) is 52.4 Å². The monoisotopic (exact) mass is 557 g/mol. The summed E-state index contributed by atoms with van der Waals surface area (Å²) in [5.41, 5.74) is 0. The number of hydrogen-bond donors (Lipinski definition) is 8. The van der Waals surface area contributed by atoms with Crippen LogP contribution in [0.1, 0.15) is 0 Å². The van der Waals surface area contributed by atoms with Gasteiger partial charge in [-0.2, -0.15) is 0 Å². The number of rotatable bonds is 4. The second-order valence-electron chi connectivity index (χ2n) is 8.85. The van der Waals surface area contributed by atoms with Crippen molar-refractivity contribution in [1.29, 1.82) is 0 Å². The van der Waals surface area contributed by atoms with Crippen LogP contribution in [0.25, 0.3) is 10.6 Å². The molecule has 0 saturated carbocycles. The van der Waals surface area contributed by atoms with Crippen LogP contribution in [0, 0.1) is 0 Å². The van der Waals surface area contributed by atoms with Gasteiger partial charge in [-0.3, -0.25) is 9.80 Å². The van der Waals surface area contributed by atoms with E-state index in [-0.39, 0.29) is 17.1 Å². The third-order valence-corrected chi connectivity index (χ3v) is 6.64. The van der Waals surface area contributed by atoms with Crippen LogP contribution >= 0.6 is 0 Å². The second-order valence-corrected chi connectivity index (χ2v) is 8.85. The average molecular weight is 558 g/mol. The van der Waals surface area contributed by atoms with Crippen LogP contribution in [-0.4, -0.2) is 178 Å². The van der Waals surface area contributed by atoms with Gasteiger partial charge in [-0.25, -0.2) is 0 Å². The summed E-state index contributed by atoms with van der Waals surface area (Å²) in [4.78, 5) is 3.54. The molecule has 10 atom stereocenters. The molecule has 3 saturated heterocycles. The summed E-state index contributed by atoms with van der Waals surface area (Å²) >= 11 is 0. The summed E-state index contributed by atoms with van der Waals surface area (Å²) in [5.74, 6) is 0. The van der Waals surface area contributed by atoms with Crippen molar-refractivity contribution in [3.8, 4) is 0 Å². The zero-order valence-corrected chi connectivity index (χ0v) is 20.3. The standard InChI is InChI=1S/C20H38N4O10.Cu/c25-9-11-13(27)15(29)17(31)19(33-11)23-5-1-21-2-6-24(8-4-22-3-7-23)20-18(32)16(30)14(28)12(10-26)34-20;/h11-20,25-32H,1-10H2;/q-2;/t11?,12?,13-,14-,15+,16+,17?,18?,19-,20-;/m1./s1. The average Bonchev–Trinajstić information content (AvgIpc) is 2.83. The molecule has 3 aliphatic rings. The zero-order chi connectivity index (χ0) is 24.8. The molecular formula is C20H38CuN4O10-2. The first kappa shape index (κ1) is 31.2. The molecule has 0 amide bonds. The first-order valence-electron chi connectivity index (χ1n) is 11.7. The molecule has 3 heterocycles. The molecule has 0 aromatic rings. The minimum absolute atomic E-state index is 0. The van der Waals surface area contributed by atoms with Crippen LogP contribution in [0.3, 0.4) is 0 Å². The molecule has 1 radical (unpaired) electrons. The van der Waals surface area contributed by atoms with Crippen molar-refractivity contribution < 1.29 is 67.4 Å². The molecule has 15 heteroatoms. The molecular weight excluding hydrogens is 520 g/mol. The van der Waals surface area contributed by atoms with Gasteiger partial charge in [0.2, 0.25) is 0 Å². The number of aliphatic hydroxyl groups is 8. The Morgan fingerprint density at radius 1 is 0.543 bits per heavy atom. The van der Waals surface area contributed by atoms with E-state index in [0.717, 1.165) is 0 Å². The third-order valence-electron chi connectivity index (χ3n) is 6.64. The Balaban J connectivity index is 0.00000432. The van der Waals surface area contributed by atoms with E-state index in [1.807, 2.05) is 0 Å². The van der Waals surface area contributed by atoms with Crippen molar-refractivity contribution in [2.24, 2.45) is 0 Å². The van der Waals surface area contributed by atoms with Crippen molar-refractivity contribution >= 4 is 0 Å². The van der Waals surface area contributed by atoms with E-state index in [1.54, 1.807) is 9.80 Å². The van der Waals surface area contributed by atoms with Gasteiger partial charge in [0.05, 0.1) is 13.2 Å². The Hall–Kier alpha value is -0.0405. The fraction of sp³-hybridized carbons (Fsp3) is 1.00. The van der Waals surface area contributed by atoms with Crippen LogP contribution in [0.15, 0.2) is 0 Å². The summed E-state index contributed by atoms with van der Waals surface area (Å²) < 4.78 is 11.3. The smallest absolute Gasteiger partial charge is 0.139 e. The summed E-state index contributed by atoms with van der Waals surface area (Å²) in [6.45, 7) is 1.92. The first-order chi connectivity index (χ1) is 16.3. The van der Waals surface area contributed by atoms with Gasteiger partial charge >= 0.3 is 0 Å². The zero-order valence-electron chi connectivity index (χ0n) is 19.3. The van der Waals surface area contributed by atoms with Crippen molar-refractivity contribution in [3.63, 3.8) is 0 Å². The van der Waals surface area contributed by atoms with Crippen LogP contribution in [0.2, 0.25) is 0 Å². The van der Waals surface area contributed by atoms with E-state index in [4.69, 9.17) is 9.47 Å². The van der Waals surface area contributed by atoms with Gasteiger partial charge in [-0.15, -0.1) is 26.2 Å². The molecule has 3 fully saturated rings. The van der Waals surface area contributed by atoms with Gasteiger partial charge in [0.15, 0.2) is 0 Å². The van der Waals surface area contributed by atoms with E-state index in [9.17, 15) is 40.9 Å². The number of aliphatic hydroxyl groups excluding tert-OH is 8. The quantitative estimate of drug-likeness (QED) is 0.152. The third kappa shape index (κ3) is 7.51. The number of nitrogens with zero attached hydrogens (tertiary/aromatic N) is 4. The molecule has 8 N–H and O–H groups in total. The minimum Gasteiger partial charge on any atom is -0.660 e. The maximum absolute atomic E-state index is 10.4. The number of ether oxygens (including phenoxy) is 2. The van der Waals surface area contributed by atoms with Crippen LogP contribution < -0.4 is 0 Å². The molecule has 35 heavy (non-hydrogen) atoms. The minimum atomic E-state index is -1.46. The van der Waals surface area contributed by atoms with E-state index < -0.39 is 74.5 Å². The van der Waals surface area contributed by atoms with Crippen molar-refractivity contribution in [3.05, 3.63) is 10.6 Å². The van der Waals surface area contributed by atoms with Crippen molar-refractivity contribution in [2.45, 2.75) is 61.3 Å². The topological polar surface area (TPSA) is 215 Å². The summed E-state index contributed by atoms with van der Waals surface area (Å²) in [6, 6.07) is 0. The van der Waals surface area contributed by atoms with Gasteiger partial charge < -0.3 is 61.0 Å². The predicted octanol–water partition coefficient (Wildman–Crippen LogP) is -5.05. The fourth-order valence-electron chi connectivity index (χ4n) is 4.52. The second kappa shape index (κ2) is 14.8. The molecule has 3 rings (SSSR count). The molecule has 0 aromatic carbocycles. The maximum atomic E-state index is 10.4. The van der Waals surface area contributed by atoms with Crippen molar-refractivity contribution in [1.82, 2.24) is 9.80 Å².